The van der Waals surface area contributed by atoms with Crippen LogP contribution in [-0.2, 0) is 5.60 Å². The van der Waals surface area contributed by atoms with E-state index in [2.05, 4.69) is 0 Å². The van der Waals surface area contributed by atoms with Gasteiger partial charge in [0.2, 0.25) is 0 Å². The molecule has 3 rings (SSSR count). The van der Waals surface area contributed by atoms with Gasteiger partial charge in [-0.3, -0.25) is 5.32 Å². The third-order valence-electron chi connectivity index (χ3n) is 4.49. The molecule has 0 spiro atoms. The topological polar surface area (TPSA) is 32.3 Å². The van der Waals surface area contributed by atoms with Gasteiger partial charge >= 0.3 is 6.30 Å². The zero-order valence-electron chi connectivity index (χ0n) is 13.2. The van der Waals surface area contributed by atoms with Gasteiger partial charge in [0, 0.05) is 5.69 Å². The molecular weight excluding hydrogens is 315 g/mol. The van der Waals surface area contributed by atoms with Gasteiger partial charge in [-0.2, -0.15) is 13.2 Å². The molecule has 2 N–H and O–H groups in total. The van der Waals surface area contributed by atoms with Crippen LogP contribution in [0.1, 0.15) is 36.8 Å². The summed E-state index contributed by atoms with van der Waals surface area (Å²) in [4.78, 5) is 0. The standard InChI is InChI=1S/C19H20F3NO/c20-19(21,22)23-17-8-4-7-16(13-17)18(24,12-11-14-9-10-14)15-5-2-1-3-6-15/h1-8,13-14,23-24H,9-12H2. The predicted octanol–water partition coefficient (Wildman–Crippen LogP) is 5.04. The number of hydrogen-bond acceptors (Lipinski definition) is 2. The van der Waals surface area contributed by atoms with Crippen molar-refractivity contribution < 1.29 is 18.3 Å². The molecule has 5 heteroatoms. The van der Waals surface area contributed by atoms with Crippen LogP contribution in [-0.4, -0.2) is 11.4 Å². The largest absolute Gasteiger partial charge is 0.482 e. The fraction of sp³-hybridized carbons (Fsp3) is 0.368. The van der Waals surface area contributed by atoms with Gasteiger partial charge in [-0.05, 0) is 42.0 Å². The van der Waals surface area contributed by atoms with Crippen LogP contribution < -0.4 is 5.32 Å². The maximum atomic E-state index is 12.6. The first-order valence-electron chi connectivity index (χ1n) is 8.10. The van der Waals surface area contributed by atoms with E-state index in [-0.39, 0.29) is 5.69 Å². The lowest BCUT2D eigenvalue weighted by Gasteiger charge is -2.30. The van der Waals surface area contributed by atoms with Crippen molar-refractivity contribution in [1.82, 2.24) is 0 Å². The van der Waals surface area contributed by atoms with Crippen LogP contribution in [0, 0.1) is 5.92 Å². The monoisotopic (exact) mass is 335 g/mol. The average molecular weight is 335 g/mol. The summed E-state index contributed by atoms with van der Waals surface area (Å²) in [5.74, 6) is 0.622. The van der Waals surface area contributed by atoms with Crippen molar-refractivity contribution in [2.24, 2.45) is 5.92 Å². The lowest BCUT2D eigenvalue weighted by atomic mass is 9.82. The normalized spacial score (nSPS) is 17.3. The Labute approximate surface area is 139 Å². The highest BCUT2D eigenvalue weighted by Gasteiger charge is 2.35. The van der Waals surface area contributed by atoms with Crippen LogP contribution in [0.2, 0.25) is 0 Å². The Morgan fingerprint density at radius 3 is 2.25 bits per heavy atom. The summed E-state index contributed by atoms with van der Waals surface area (Å²) in [6.45, 7) is 0. The second-order valence-electron chi connectivity index (χ2n) is 6.41. The molecule has 128 valence electrons. The molecule has 0 bridgehead atoms. The summed E-state index contributed by atoms with van der Waals surface area (Å²) in [5.41, 5.74) is -0.174. The number of nitrogens with one attached hydrogen (secondary N) is 1. The summed E-state index contributed by atoms with van der Waals surface area (Å²) in [6.07, 6.45) is -0.807. The van der Waals surface area contributed by atoms with Gasteiger partial charge < -0.3 is 5.11 Å². The first-order chi connectivity index (χ1) is 11.4. The van der Waals surface area contributed by atoms with E-state index in [9.17, 15) is 18.3 Å². The molecule has 1 unspecified atom stereocenters. The molecular formula is C19H20F3NO. The Hall–Kier alpha value is -2.01. The van der Waals surface area contributed by atoms with Crippen LogP contribution in [0.5, 0.6) is 0 Å². The zero-order chi connectivity index (χ0) is 17.2. The lowest BCUT2D eigenvalue weighted by Crippen LogP contribution is -2.28. The molecule has 2 nitrogen and oxygen atoms in total. The maximum Gasteiger partial charge on any atom is 0.482 e. The molecule has 24 heavy (non-hydrogen) atoms. The van der Waals surface area contributed by atoms with Crippen molar-refractivity contribution in [1.29, 1.82) is 0 Å². The predicted molar refractivity (Wildman–Crippen MR) is 87.5 cm³/mol. The first kappa shape index (κ1) is 16.8. The van der Waals surface area contributed by atoms with E-state index in [0.717, 1.165) is 6.42 Å². The minimum absolute atomic E-state index is 0.0687. The SMILES string of the molecule is OC(CCC1CC1)(c1ccccc1)c1cccc(NC(F)(F)F)c1. The number of anilines is 1. The van der Waals surface area contributed by atoms with E-state index in [1.807, 2.05) is 30.3 Å². The highest BCUT2D eigenvalue weighted by Crippen LogP contribution is 2.41. The van der Waals surface area contributed by atoms with Crippen molar-refractivity contribution in [2.75, 3.05) is 5.32 Å². The minimum Gasteiger partial charge on any atom is -0.380 e. The van der Waals surface area contributed by atoms with Crippen LogP contribution in [0.15, 0.2) is 54.6 Å². The number of alkyl halides is 3. The third kappa shape index (κ3) is 4.09. The molecule has 0 aliphatic heterocycles. The fourth-order valence-electron chi connectivity index (χ4n) is 3.01. The number of benzene rings is 2. The van der Waals surface area contributed by atoms with Crippen molar-refractivity contribution >= 4 is 5.69 Å². The molecule has 0 amide bonds. The Bertz CT molecular complexity index is 683. The van der Waals surface area contributed by atoms with Gasteiger partial charge in [-0.15, -0.1) is 0 Å². The number of halogens is 3. The molecule has 1 aliphatic carbocycles. The summed E-state index contributed by atoms with van der Waals surface area (Å²) in [6, 6.07) is 15.1. The molecule has 1 saturated carbocycles. The Balaban J connectivity index is 1.94. The van der Waals surface area contributed by atoms with Gasteiger partial charge in [-0.1, -0.05) is 55.3 Å². The van der Waals surface area contributed by atoms with E-state index in [0.29, 0.717) is 23.5 Å². The van der Waals surface area contributed by atoms with E-state index >= 15 is 0 Å². The highest BCUT2D eigenvalue weighted by molar-refractivity contribution is 5.50. The van der Waals surface area contributed by atoms with Gasteiger partial charge in [0.05, 0.1) is 0 Å². The lowest BCUT2D eigenvalue weighted by molar-refractivity contribution is -0.0999. The van der Waals surface area contributed by atoms with E-state index in [4.69, 9.17) is 0 Å². The number of aliphatic hydroxyl groups is 1. The van der Waals surface area contributed by atoms with Gasteiger partial charge in [0.1, 0.15) is 5.60 Å². The molecule has 0 radical (unpaired) electrons. The quantitative estimate of drug-likeness (QED) is 0.725. The Morgan fingerprint density at radius 1 is 0.958 bits per heavy atom. The third-order valence-corrected chi connectivity index (χ3v) is 4.49. The smallest absolute Gasteiger partial charge is 0.380 e. The van der Waals surface area contributed by atoms with Crippen molar-refractivity contribution in [2.45, 2.75) is 37.6 Å². The maximum absolute atomic E-state index is 12.6. The minimum atomic E-state index is -4.50. The van der Waals surface area contributed by atoms with E-state index in [1.54, 1.807) is 6.07 Å². The first-order valence-corrected chi connectivity index (χ1v) is 8.10. The van der Waals surface area contributed by atoms with Crippen LogP contribution in [0.4, 0.5) is 18.9 Å². The average Bonchev–Trinajstić information content (AvgIpc) is 3.36. The Morgan fingerprint density at radius 2 is 1.62 bits per heavy atom. The van der Waals surface area contributed by atoms with Crippen molar-refractivity contribution in [3.8, 4) is 0 Å². The Kier molecular flexibility index (Phi) is 4.54. The molecule has 1 atom stereocenters. The second-order valence-corrected chi connectivity index (χ2v) is 6.41. The molecule has 2 aromatic carbocycles. The fourth-order valence-corrected chi connectivity index (χ4v) is 3.01. The van der Waals surface area contributed by atoms with Gasteiger partial charge in [-0.25, -0.2) is 0 Å². The van der Waals surface area contributed by atoms with Crippen molar-refractivity contribution in [3.05, 3.63) is 65.7 Å². The number of rotatable bonds is 6. The summed E-state index contributed by atoms with van der Waals surface area (Å²) < 4.78 is 37.7. The summed E-state index contributed by atoms with van der Waals surface area (Å²) >= 11 is 0. The second kappa shape index (κ2) is 6.48. The molecule has 1 fully saturated rings. The van der Waals surface area contributed by atoms with Crippen LogP contribution >= 0.6 is 0 Å². The van der Waals surface area contributed by atoms with Crippen LogP contribution in [0.3, 0.4) is 0 Å². The summed E-state index contributed by atoms with van der Waals surface area (Å²) in [5, 5.41) is 12.9. The molecule has 2 aromatic rings. The molecule has 0 aromatic heterocycles. The zero-order valence-corrected chi connectivity index (χ0v) is 13.2. The van der Waals surface area contributed by atoms with Gasteiger partial charge in [0.15, 0.2) is 0 Å². The van der Waals surface area contributed by atoms with E-state index < -0.39 is 11.9 Å². The summed E-state index contributed by atoms with van der Waals surface area (Å²) in [7, 11) is 0. The van der Waals surface area contributed by atoms with Crippen LogP contribution in [0.25, 0.3) is 0 Å². The molecule has 0 heterocycles. The van der Waals surface area contributed by atoms with Crippen molar-refractivity contribution in [3.63, 3.8) is 0 Å². The highest BCUT2D eigenvalue weighted by atomic mass is 19.4. The number of hydrogen-bond donors (Lipinski definition) is 2. The molecule has 1 aliphatic rings. The van der Waals surface area contributed by atoms with Gasteiger partial charge in [0.25, 0.3) is 0 Å². The van der Waals surface area contributed by atoms with E-state index in [1.165, 1.54) is 36.4 Å². The molecule has 0 saturated heterocycles.